The summed E-state index contributed by atoms with van der Waals surface area (Å²) in [6.45, 7) is 1.34. The number of hydrogen-bond donors (Lipinski definition) is 6. The first-order valence-electron chi connectivity index (χ1n) is 10.7. The highest BCUT2D eigenvalue weighted by molar-refractivity contribution is 5.92. The van der Waals surface area contributed by atoms with E-state index in [1.807, 2.05) is 36.4 Å². The van der Waals surface area contributed by atoms with Crippen LogP contribution >= 0.6 is 0 Å². The molecule has 2 heterocycles. The SMILES string of the molecule is Nc1nc(N)c2cc(NCc3ccc(CNc4ccc5nc(N)nc(N)c5c4)cc3)ccc2n1. The Balaban J connectivity index is 1.21. The van der Waals surface area contributed by atoms with E-state index in [1.165, 1.54) is 0 Å². The number of rotatable bonds is 6. The normalized spacial score (nSPS) is 11.1. The zero-order valence-electron chi connectivity index (χ0n) is 18.3. The number of nitrogens with two attached hydrogens (primary N) is 4. The summed E-state index contributed by atoms with van der Waals surface area (Å²) in [5, 5.41) is 8.35. The van der Waals surface area contributed by atoms with Crippen molar-refractivity contribution in [2.45, 2.75) is 13.1 Å². The first-order chi connectivity index (χ1) is 16.4. The van der Waals surface area contributed by atoms with E-state index in [1.54, 1.807) is 0 Å². The Morgan fingerprint density at radius 2 is 0.941 bits per heavy atom. The van der Waals surface area contributed by atoms with Crippen molar-refractivity contribution < 1.29 is 0 Å². The predicted molar refractivity (Wildman–Crippen MR) is 138 cm³/mol. The molecule has 0 saturated heterocycles. The van der Waals surface area contributed by atoms with Gasteiger partial charge in [0.2, 0.25) is 11.9 Å². The van der Waals surface area contributed by atoms with Crippen LogP contribution < -0.4 is 33.6 Å². The molecule has 0 aliphatic heterocycles. The molecule has 0 radical (unpaired) electrons. The maximum Gasteiger partial charge on any atom is 0.222 e. The summed E-state index contributed by atoms with van der Waals surface area (Å²) in [6.07, 6.45) is 0. The van der Waals surface area contributed by atoms with Gasteiger partial charge in [-0.25, -0.2) is 9.97 Å². The zero-order chi connectivity index (χ0) is 23.7. The molecule has 34 heavy (non-hydrogen) atoms. The van der Waals surface area contributed by atoms with Crippen molar-refractivity contribution in [3.8, 4) is 0 Å². The Labute approximate surface area is 195 Å². The maximum atomic E-state index is 5.98. The second kappa shape index (κ2) is 8.58. The van der Waals surface area contributed by atoms with Gasteiger partial charge in [0, 0.05) is 35.2 Å². The van der Waals surface area contributed by atoms with E-state index in [4.69, 9.17) is 22.9 Å². The van der Waals surface area contributed by atoms with Gasteiger partial charge in [-0.15, -0.1) is 0 Å². The molecule has 0 amide bonds. The van der Waals surface area contributed by atoms with E-state index in [9.17, 15) is 0 Å². The highest BCUT2D eigenvalue weighted by atomic mass is 15.0. The Morgan fingerprint density at radius 3 is 1.35 bits per heavy atom. The van der Waals surface area contributed by atoms with Gasteiger partial charge in [0.05, 0.1) is 11.0 Å². The topological polar surface area (TPSA) is 180 Å². The highest BCUT2D eigenvalue weighted by Crippen LogP contribution is 2.24. The second-order valence-electron chi connectivity index (χ2n) is 7.92. The van der Waals surface area contributed by atoms with Crippen molar-refractivity contribution in [2.75, 3.05) is 33.6 Å². The molecule has 0 aliphatic rings. The molecule has 0 atom stereocenters. The van der Waals surface area contributed by atoms with Crippen LogP contribution in [0.1, 0.15) is 11.1 Å². The van der Waals surface area contributed by atoms with Crippen LogP contribution in [0.5, 0.6) is 0 Å². The molecular formula is C24H24N10. The average molecular weight is 453 g/mol. The van der Waals surface area contributed by atoms with Crippen LogP contribution in [0.15, 0.2) is 60.7 Å². The van der Waals surface area contributed by atoms with Crippen LogP contribution in [0.3, 0.4) is 0 Å². The summed E-state index contributed by atoms with van der Waals surface area (Å²) in [4.78, 5) is 16.5. The largest absolute Gasteiger partial charge is 0.383 e. The fourth-order valence-corrected chi connectivity index (χ4v) is 3.74. The summed E-state index contributed by atoms with van der Waals surface area (Å²) in [6, 6.07) is 19.9. The van der Waals surface area contributed by atoms with Crippen LogP contribution in [-0.2, 0) is 13.1 Å². The van der Waals surface area contributed by atoms with E-state index in [2.05, 4.69) is 54.8 Å². The Kier molecular flexibility index (Phi) is 5.30. The minimum absolute atomic E-state index is 0.171. The van der Waals surface area contributed by atoms with Gasteiger partial charge in [0.15, 0.2) is 0 Å². The molecule has 5 aromatic rings. The fourth-order valence-electron chi connectivity index (χ4n) is 3.74. The lowest BCUT2D eigenvalue weighted by Gasteiger charge is -2.11. The molecule has 2 aromatic heterocycles. The van der Waals surface area contributed by atoms with Gasteiger partial charge in [-0.05, 0) is 47.5 Å². The molecule has 5 rings (SSSR count). The molecule has 0 spiro atoms. The van der Waals surface area contributed by atoms with Gasteiger partial charge in [0.25, 0.3) is 0 Å². The standard InChI is InChI=1S/C24H24N10/c25-21-17-9-15(5-7-19(17)31-23(27)33-21)29-11-13-1-2-14(4-3-13)12-30-16-6-8-20-18(10-16)22(26)34-24(28)32-20/h1-10,29-30H,11-12H2,(H4,25,27,31,33)(H4,26,28,32,34). The van der Waals surface area contributed by atoms with E-state index < -0.39 is 0 Å². The Bertz CT molecular complexity index is 1380. The smallest absolute Gasteiger partial charge is 0.222 e. The minimum atomic E-state index is 0.171. The second-order valence-corrected chi connectivity index (χ2v) is 7.92. The van der Waals surface area contributed by atoms with Crippen molar-refractivity contribution in [3.05, 3.63) is 71.8 Å². The lowest BCUT2D eigenvalue weighted by atomic mass is 10.1. The molecule has 0 aliphatic carbocycles. The number of hydrogen-bond acceptors (Lipinski definition) is 10. The molecule has 10 N–H and O–H groups in total. The van der Waals surface area contributed by atoms with Crippen LogP contribution in [0.25, 0.3) is 21.8 Å². The quantitative estimate of drug-likeness (QED) is 0.224. The summed E-state index contributed by atoms with van der Waals surface area (Å²) in [7, 11) is 0. The third kappa shape index (κ3) is 4.37. The number of nitrogens with one attached hydrogen (secondary N) is 2. The summed E-state index contributed by atoms with van der Waals surface area (Å²) < 4.78 is 0. The van der Waals surface area contributed by atoms with Crippen molar-refractivity contribution in [3.63, 3.8) is 0 Å². The molecular weight excluding hydrogens is 428 g/mol. The average Bonchev–Trinajstić information content (AvgIpc) is 2.82. The van der Waals surface area contributed by atoms with Gasteiger partial charge >= 0.3 is 0 Å². The predicted octanol–water partition coefficient (Wildman–Crippen LogP) is 3.13. The summed E-state index contributed by atoms with van der Waals surface area (Å²) in [5.74, 6) is 1.08. The molecule has 10 heteroatoms. The number of nitrogen functional groups attached to an aromatic ring is 4. The molecule has 0 bridgehead atoms. The maximum absolute atomic E-state index is 5.98. The van der Waals surface area contributed by atoms with Crippen molar-refractivity contribution >= 4 is 56.7 Å². The molecule has 170 valence electrons. The Morgan fingerprint density at radius 1 is 0.529 bits per heavy atom. The van der Waals surface area contributed by atoms with Crippen LogP contribution in [-0.4, -0.2) is 19.9 Å². The third-order valence-corrected chi connectivity index (χ3v) is 5.50. The van der Waals surface area contributed by atoms with E-state index in [-0.39, 0.29) is 11.9 Å². The van der Waals surface area contributed by atoms with Crippen LogP contribution in [0.4, 0.5) is 34.9 Å². The molecule has 0 fully saturated rings. The van der Waals surface area contributed by atoms with Gasteiger partial charge in [-0.1, -0.05) is 24.3 Å². The number of aromatic nitrogens is 4. The summed E-state index contributed by atoms with van der Waals surface area (Å²) in [5.41, 5.74) is 28.9. The summed E-state index contributed by atoms with van der Waals surface area (Å²) >= 11 is 0. The Hall–Kier alpha value is -4.86. The number of benzene rings is 3. The number of nitrogens with zero attached hydrogens (tertiary/aromatic N) is 4. The van der Waals surface area contributed by atoms with Crippen molar-refractivity contribution in [1.29, 1.82) is 0 Å². The molecule has 0 saturated carbocycles. The van der Waals surface area contributed by atoms with Gasteiger partial charge in [-0.2, -0.15) is 9.97 Å². The lowest BCUT2D eigenvalue weighted by Crippen LogP contribution is -2.04. The molecule has 3 aromatic carbocycles. The van der Waals surface area contributed by atoms with E-state index >= 15 is 0 Å². The van der Waals surface area contributed by atoms with Crippen molar-refractivity contribution in [1.82, 2.24) is 19.9 Å². The van der Waals surface area contributed by atoms with Crippen LogP contribution in [0.2, 0.25) is 0 Å². The van der Waals surface area contributed by atoms with Gasteiger partial charge in [-0.3, -0.25) is 0 Å². The zero-order valence-corrected chi connectivity index (χ0v) is 18.3. The fraction of sp³-hybridized carbons (Fsp3) is 0.0833. The first-order valence-corrected chi connectivity index (χ1v) is 10.7. The third-order valence-electron chi connectivity index (χ3n) is 5.50. The monoisotopic (exact) mass is 452 g/mol. The van der Waals surface area contributed by atoms with Crippen molar-refractivity contribution in [2.24, 2.45) is 0 Å². The van der Waals surface area contributed by atoms with E-state index in [0.29, 0.717) is 24.7 Å². The number of fused-ring (bicyclic) bond motifs is 2. The van der Waals surface area contributed by atoms with Gasteiger partial charge < -0.3 is 33.6 Å². The minimum Gasteiger partial charge on any atom is -0.383 e. The lowest BCUT2D eigenvalue weighted by molar-refractivity contribution is 1.11. The van der Waals surface area contributed by atoms with Crippen LogP contribution in [0, 0.1) is 0 Å². The number of anilines is 6. The molecule has 0 unspecified atom stereocenters. The first kappa shape index (κ1) is 21.0. The molecule has 10 nitrogen and oxygen atoms in total. The highest BCUT2D eigenvalue weighted by Gasteiger charge is 2.06. The van der Waals surface area contributed by atoms with E-state index in [0.717, 1.165) is 44.3 Å². The van der Waals surface area contributed by atoms with Gasteiger partial charge in [0.1, 0.15) is 11.6 Å².